The SMILES string of the molecule is CCC(C)CC(C)Nc1ccc(S(C)(=O)=O)cc1N. The molecule has 0 saturated carbocycles. The Labute approximate surface area is 116 Å². The molecule has 1 rings (SSSR count). The van der Waals surface area contributed by atoms with E-state index in [1.807, 2.05) is 0 Å². The molecule has 0 spiro atoms. The molecular weight excluding hydrogens is 260 g/mol. The molecule has 3 N–H and O–H groups in total. The summed E-state index contributed by atoms with van der Waals surface area (Å²) in [5, 5.41) is 3.33. The second-order valence-corrected chi connectivity index (χ2v) is 7.33. The molecule has 4 nitrogen and oxygen atoms in total. The first-order valence-electron chi connectivity index (χ1n) is 6.60. The van der Waals surface area contributed by atoms with Crippen molar-refractivity contribution in [2.45, 2.75) is 44.6 Å². The van der Waals surface area contributed by atoms with Crippen molar-refractivity contribution in [3.63, 3.8) is 0 Å². The van der Waals surface area contributed by atoms with Crippen LogP contribution in [0.2, 0.25) is 0 Å². The van der Waals surface area contributed by atoms with E-state index in [1.54, 1.807) is 12.1 Å². The molecule has 2 unspecified atom stereocenters. The van der Waals surface area contributed by atoms with Crippen molar-refractivity contribution in [3.8, 4) is 0 Å². The summed E-state index contributed by atoms with van der Waals surface area (Å²) in [6, 6.07) is 5.14. The Bertz CT molecular complexity index is 526. The maximum absolute atomic E-state index is 11.4. The average Bonchev–Trinajstić information content (AvgIpc) is 2.30. The van der Waals surface area contributed by atoms with Gasteiger partial charge in [0.25, 0.3) is 0 Å². The highest BCUT2D eigenvalue weighted by molar-refractivity contribution is 7.90. The molecule has 0 aliphatic heterocycles. The molecule has 0 fully saturated rings. The Hall–Kier alpha value is -1.23. The molecule has 0 amide bonds. The van der Waals surface area contributed by atoms with Crippen LogP contribution < -0.4 is 11.1 Å². The summed E-state index contributed by atoms with van der Waals surface area (Å²) < 4.78 is 22.9. The van der Waals surface area contributed by atoms with Crippen LogP contribution in [0.15, 0.2) is 23.1 Å². The fourth-order valence-electron chi connectivity index (χ4n) is 2.00. The van der Waals surface area contributed by atoms with Crippen LogP contribution in [0.3, 0.4) is 0 Å². The number of nitrogens with two attached hydrogens (primary N) is 1. The van der Waals surface area contributed by atoms with Gasteiger partial charge >= 0.3 is 0 Å². The number of hydrogen-bond acceptors (Lipinski definition) is 4. The maximum atomic E-state index is 11.4. The number of hydrogen-bond donors (Lipinski definition) is 2. The molecule has 0 radical (unpaired) electrons. The zero-order valence-electron chi connectivity index (χ0n) is 12.1. The summed E-state index contributed by atoms with van der Waals surface area (Å²) >= 11 is 0. The van der Waals surface area contributed by atoms with Crippen molar-refractivity contribution in [2.24, 2.45) is 5.92 Å². The molecule has 1 aromatic carbocycles. The minimum Gasteiger partial charge on any atom is -0.397 e. The standard InChI is InChI=1S/C14H24N2O2S/c1-5-10(2)8-11(3)16-14-7-6-12(9-13(14)15)19(4,17)18/h6-7,9-11,16H,5,8,15H2,1-4H3. The zero-order valence-corrected chi connectivity index (χ0v) is 12.9. The van der Waals surface area contributed by atoms with Gasteiger partial charge in [-0.15, -0.1) is 0 Å². The van der Waals surface area contributed by atoms with Gasteiger partial charge < -0.3 is 11.1 Å². The van der Waals surface area contributed by atoms with E-state index in [9.17, 15) is 8.42 Å². The second-order valence-electron chi connectivity index (χ2n) is 5.32. The number of nitrogens with one attached hydrogen (secondary N) is 1. The summed E-state index contributed by atoms with van der Waals surface area (Å²) in [5.74, 6) is 0.652. The van der Waals surface area contributed by atoms with Gasteiger partial charge in [0.05, 0.1) is 16.3 Å². The van der Waals surface area contributed by atoms with Crippen molar-refractivity contribution in [2.75, 3.05) is 17.3 Å². The van der Waals surface area contributed by atoms with Crippen LogP contribution in [0.25, 0.3) is 0 Å². The fourth-order valence-corrected chi connectivity index (χ4v) is 2.65. The van der Waals surface area contributed by atoms with Crippen LogP contribution in [-0.4, -0.2) is 20.7 Å². The van der Waals surface area contributed by atoms with Crippen molar-refractivity contribution >= 4 is 21.2 Å². The Morgan fingerprint density at radius 2 is 1.95 bits per heavy atom. The van der Waals surface area contributed by atoms with Crippen LogP contribution in [0.5, 0.6) is 0 Å². The first-order valence-corrected chi connectivity index (χ1v) is 8.49. The zero-order chi connectivity index (χ0) is 14.6. The van der Waals surface area contributed by atoms with Gasteiger partial charge in [-0.1, -0.05) is 20.3 Å². The van der Waals surface area contributed by atoms with E-state index in [-0.39, 0.29) is 4.90 Å². The van der Waals surface area contributed by atoms with Gasteiger partial charge in [-0.05, 0) is 37.5 Å². The smallest absolute Gasteiger partial charge is 0.175 e. The second kappa shape index (κ2) is 6.28. The van der Waals surface area contributed by atoms with Crippen LogP contribution in [0.4, 0.5) is 11.4 Å². The van der Waals surface area contributed by atoms with E-state index in [4.69, 9.17) is 5.73 Å². The highest BCUT2D eigenvalue weighted by Gasteiger charge is 2.12. The number of sulfone groups is 1. The Morgan fingerprint density at radius 3 is 2.42 bits per heavy atom. The van der Waals surface area contributed by atoms with Gasteiger partial charge in [0.1, 0.15) is 0 Å². The minimum absolute atomic E-state index is 0.255. The van der Waals surface area contributed by atoms with Crippen molar-refractivity contribution in [1.29, 1.82) is 0 Å². The molecule has 0 aromatic heterocycles. The van der Waals surface area contributed by atoms with E-state index in [1.165, 1.54) is 12.3 Å². The van der Waals surface area contributed by atoms with E-state index in [0.717, 1.165) is 18.5 Å². The van der Waals surface area contributed by atoms with Crippen molar-refractivity contribution in [1.82, 2.24) is 0 Å². The number of nitrogen functional groups attached to an aromatic ring is 1. The predicted molar refractivity (Wildman–Crippen MR) is 81.1 cm³/mol. The van der Waals surface area contributed by atoms with Crippen molar-refractivity contribution in [3.05, 3.63) is 18.2 Å². The summed E-state index contributed by atoms with van der Waals surface area (Å²) in [4.78, 5) is 0.255. The molecule has 2 atom stereocenters. The van der Waals surface area contributed by atoms with E-state index in [2.05, 4.69) is 26.1 Å². The van der Waals surface area contributed by atoms with Crippen LogP contribution >= 0.6 is 0 Å². The summed E-state index contributed by atoms with van der Waals surface area (Å²) in [6.45, 7) is 6.50. The first-order chi connectivity index (χ1) is 8.74. The molecule has 0 bridgehead atoms. The van der Waals surface area contributed by atoms with Crippen LogP contribution in [0.1, 0.15) is 33.6 Å². The summed E-state index contributed by atoms with van der Waals surface area (Å²) in [5.41, 5.74) is 7.17. The molecule has 0 aliphatic rings. The van der Waals surface area contributed by atoms with Crippen LogP contribution in [0, 0.1) is 5.92 Å². The molecule has 19 heavy (non-hydrogen) atoms. The molecule has 0 aliphatic carbocycles. The van der Waals surface area contributed by atoms with E-state index < -0.39 is 9.84 Å². The monoisotopic (exact) mass is 284 g/mol. The first kappa shape index (κ1) is 15.8. The topological polar surface area (TPSA) is 72.2 Å². The quantitative estimate of drug-likeness (QED) is 0.788. The molecule has 1 aromatic rings. The van der Waals surface area contributed by atoms with E-state index >= 15 is 0 Å². The maximum Gasteiger partial charge on any atom is 0.175 e. The third-order valence-electron chi connectivity index (χ3n) is 3.31. The number of benzene rings is 1. The summed E-state index contributed by atoms with van der Waals surface area (Å²) in [7, 11) is -3.20. The Morgan fingerprint density at radius 1 is 1.32 bits per heavy atom. The molecule has 5 heteroatoms. The summed E-state index contributed by atoms with van der Waals surface area (Å²) in [6.07, 6.45) is 3.39. The van der Waals surface area contributed by atoms with E-state index in [0.29, 0.717) is 17.6 Å². The predicted octanol–water partition coefficient (Wildman–Crippen LogP) is 2.91. The number of rotatable bonds is 6. The van der Waals surface area contributed by atoms with Gasteiger partial charge in [0.15, 0.2) is 9.84 Å². The lowest BCUT2D eigenvalue weighted by atomic mass is 10.0. The van der Waals surface area contributed by atoms with Gasteiger partial charge in [0.2, 0.25) is 0 Å². The number of anilines is 2. The molecule has 108 valence electrons. The van der Waals surface area contributed by atoms with Gasteiger partial charge in [-0.25, -0.2) is 8.42 Å². The third-order valence-corrected chi connectivity index (χ3v) is 4.42. The Kier molecular flexibility index (Phi) is 5.23. The van der Waals surface area contributed by atoms with Gasteiger partial charge in [-0.2, -0.15) is 0 Å². The lowest BCUT2D eigenvalue weighted by Gasteiger charge is -2.20. The largest absolute Gasteiger partial charge is 0.397 e. The van der Waals surface area contributed by atoms with Crippen molar-refractivity contribution < 1.29 is 8.42 Å². The Balaban J connectivity index is 2.81. The van der Waals surface area contributed by atoms with Crippen LogP contribution in [-0.2, 0) is 9.84 Å². The lowest BCUT2D eigenvalue weighted by molar-refractivity contribution is 0.484. The van der Waals surface area contributed by atoms with Gasteiger partial charge in [-0.3, -0.25) is 0 Å². The molecular formula is C14H24N2O2S. The highest BCUT2D eigenvalue weighted by atomic mass is 32.2. The third kappa shape index (κ3) is 4.74. The fraction of sp³-hybridized carbons (Fsp3) is 0.571. The normalized spacial score (nSPS) is 14.9. The lowest BCUT2D eigenvalue weighted by Crippen LogP contribution is -2.19. The molecule has 0 heterocycles. The highest BCUT2D eigenvalue weighted by Crippen LogP contribution is 2.24. The molecule has 0 saturated heterocycles. The average molecular weight is 284 g/mol. The minimum atomic E-state index is -3.20. The van der Waals surface area contributed by atoms with Gasteiger partial charge in [0, 0.05) is 12.3 Å².